The molecule has 0 atom stereocenters. The van der Waals surface area contributed by atoms with E-state index in [0.717, 1.165) is 44.1 Å². The van der Waals surface area contributed by atoms with Gasteiger partial charge >= 0.3 is 0 Å². The quantitative estimate of drug-likeness (QED) is 0.833. The van der Waals surface area contributed by atoms with E-state index in [4.69, 9.17) is 0 Å². The topological polar surface area (TPSA) is 39.2 Å². The second-order valence-corrected chi connectivity index (χ2v) is 6.56. The lowest BCUT2D eigenvalue weighted by Gasteiger charge is -2.41. The maximum atomic E-state index is 13.1. The van der Waals surface area contributed by atoms with Crippen LogP contribution in [0.3, 0.4) is 0 Å². The fraction of sp³-hybridized carbons (Fsp3) is 0.444. The summed E-state index contributed by atoms with van der Waals surface area (Å²) in [5.74, 6) is 0.980. The van der Waals surface area contributed by atoms with Crippen LogP contribution in [-0.2, 0) is 11.3 Å². The molecule has 0 aliphatic carbocycles. The Kier molecular flexibility index (Phi) is 3.45. The van der Waals surface area contributed by atoms with E-state index in [0.29, 0.717) is 6.54 Å². The Morgan fingerprint density at radius 2 is 2.04 bits per heavy atom. The van der Waals surface area contributed by atoms with E-state index in [1.54, 1.807) is 0 Å². The lowest BCUT2D eigenvalue weighted by Crippen LogP contribution is -2.53. The van der Waals surface area contributed by atoms with E-state index >= 15 is 0 Å². The summed E-state index contributed by atoms with van der Waals surface area (Å²) in [6.45, 7) is 6.11. The predicted molar refractivity (Wildman–Crippen MR) is 89.9 cm³/mol. The molecule has 4 rings (SSSR count). The van der Waals surface area contributed by atoms with Gasteiger partial charge in [-0.3, -0.25) is 14.7 Å². The molecule has 0 fully saturated rings. The van der Waals surface area contributed by atoms with Crippen LogP contribution in [0.15, 0.2) is 40.5 Å². The Labute approximate surface area is 136 Å². The second-order valence-electron chi connectivity index (χ2n) is 6.56. The first-order valence-corrected chi connectivity index (χ1v) is 8.24. The lowest BCUT2D eigenvalue weighted by molar-refractivity contribution is -0.125. The van der Waals surface area contributed by atoms with Gasteiger partial charge in [0.05, 0.1) is 18.7 Å². The summed E-state index contributed by atoms with van der Waals surface area (Å²) in [6, 6.07) is 8.26. The Balaban J connectivity index is 1.72. The Hall–Kier alpha value is -2.14. The zero-order chi connectivity index (χ0) is 16.0. The average Bonchev–Trinajstić information content (AvgIpc) is 3.02. The molecule has 5 nitrogen and oxygen atoms in total. The van der Waals surface area contributed by atoms with Crippen LogP contribution in [0.1, 0.15) is 17.5 Å². The molecule has 0 bridgehead atoms. The highest BCUT2D eigenvalue weighted by Crippen LogP contribution is 2.31. The number of carbonyl (C=O) groups excluding carboxylic acids is 1. The smallest absolute Gasteiger partial charge is 0.259 e. The SMILES string of the molecule is Cc1ccccc1CN1C(=O)C2=C(CCN(C)C2)N2CCN=C12. The number of aryl methyl sites for hydroxylation is 1. The number of guanidine groups is 1. The molecule has 3 aliphatic rings. The van der Waals surface area contributed by atoms with Crippen LogP contribution in [0.25, 0.3) is 0 Å². The summed E-state index contributed by atoms with van der Waals surface area (Å²) in [5, 5.41) is 0. The number of likely N-dealkylation sites (N-methyl/N-ethyl adjacent to an activating group) is 1. The standard InChI is InChI=1S/C18H22N4O/c1-13-5-3-4-6-14(13)11-22-17(23)15-12-20(2)9-7-16(15)21-10-8-19-18(21)22/h3-6H,7-12H2,1-2H3. The van der Waals surface area contributed by atoms with Gasteiger partial charge in [-0.25, -0.2) is 0 Å². The van der Waals surface area contributed by atoms with E-state index in [1.807, 2.05) is 17.0 Å². The molecular weight excluding hydrogens is 288 g/mol. The van der Waals surface area contributed by atoms with Crippen LogP contribution in [0.5, 0.6) is 0 Å². The number of rotatable bonds is 2. The maximum Gasteiger partial charge on any atom is 0.259 e. The van der Waals surface area contributed by atoms with Gasteiger partial charge in [-0.2, -0.15) is 0 Å². The first-order valence-electron chi connectivity index (χ1n) is 8.24. The molecule has 0 spiro atoms. The molecule has 5 heteroatoms. The summed E-state index contributed by atoms with van der Waals surface area (Å²) in [7, 11) is 2.08. The van der Waals surface area contributed by atoms with Crippen molar-refractivity contribution < 1.29 is 4.79 Å². The van der Waals surface area contributed by atoms with Crippen molar-refractivity contribution in [3.05, 3.63) is 46.7 Å². The molecule has 120 valence electrons. The van der Waals surface area contributed by atoms with Crippen LogP contribution in [0.2, 0.25) is 0 Å². The van der Waals surface area contributed by atoms with Crippen molar-refractivity contribution in [2.24, 2.45) is 4.99 Å². The normalized spacial score (nSPS) is 21.5. The van der Waals surface area contributed by atoms with Crippen molar-refractivity contribution in [2.75, 3.05) is 33.2 Å². The summed E-state index contributed by atoms with van der Waals surface area (Å²) >= 11 is 0. The first-order chi connectivity index (χ1) is 11.1. The number of fused-ring (bicyclic) bond motifs is 2. The lowest BCUT2D eigenvalue weighted by atomic mass is 10.0. The zero-order valence-electron chi connectivity index (χ0n) is 13.7. The van der Waals surface area contributed by atoms with Crippen molar-refractivity contribution in [1.82, 2.24) is 14.7 Å². The number of aliphatic imine (C=N–C) groups is 1. The van der Waals surface area contributed by atoms with Gasteiger partial charge in [0.2, 0.25) is 5.96 Å². The van der Waals surface area contributed by atoms with E-state index in [-0.39, 0.29) is 5.91 Å². The van der Waals surface area contributed by atoms with Crippen molar-refractivity contribution in [3.63, 3.8) is 0 Å². The second kappa shape index (κ2) is 5.49. The van der Waals surface area contributed by atoms with Crippen molar-refractivity contribution in [2.45, 2.75) is 19.9 Å². The highest BCUT2D eigenvalue weighted by atomic mass is 16.2. The minimum absolute atomic E-state index is 0.131. The van der Waals surface area contributed by atoms with E-state index < -0.39 is 0 Å². The molecule has 0 saturated carbocycles. The largest absolute Gasteiger partial charge is 0.314 e. The fourth-order valence-electron chi connectivity index (χ4n) is 3.65. The fourth-order valence-corrected chi connectivity index (χ4v) is 3.65. The summed E-state index contributed by atoms with van der Waals surface area (Å²) < 4.78 is 0. The number of hydrogen-bond donors (Lipinski definition) is 0. The Morgan fingerprint density at radius 3 is 2.87 bits per heavy atom. The van der Waals surface area contributed by atoms with Gasteiger partial charge in [0.15, 0.2) is 0 Å². The van der Waals surface area contributed by atoms with Crippen molar-refractivity contribution in [1.29, 1.82) is 0 Å². The molecule has 3 heterocycles. The van der Waals surface area contributed by atoms with Gasteiger partial charge in [0.1, 0.15) is 0 Å². The van der Waals surface area contributed by atoms with E-state index in [1.165, 1.54) is 16.8 Å². The number of benzene rings is 1. The monoisotopic (exact) mass is 310 g/mol. The molecule has 0 aromatic heterocycles. The van der Waals surface area contributed by atoms with Crippen LogP contribution in [0, 0.1) is 6.92 Å². The highest BCUT2D eigenvalue weighted by molar-refractivity contribution is 6.09. The van der Waals surface area contributed by atoms with E-state index in [9.17, 15) is 4.79 Å². The van der Waals surface area contributed by atoms with Crippen LogP contribution in [0.4, 0.5) is 0 Å². The Morgan fingerprint density at radius 1 is 1.22 bits per heavy atom. The van der Waals surface area contributed by atoms with Gasteiger partial charge in [-0.05, 0) is 25.1 Å². The molecular formula is C18H22N4O. The van der Waals surface area contributed by atoms with Gasteiger partial charge in [-0.15, -0.1) is 0 Å². The van der Waals surface area contributed by atoms with Gasteiger partial charge in [0.25, 0.3) is 5.91 Å². The molecule has 1 aromatic rings. The third kappa shape index (κ3) is 2.36. The van der Waals surface area contributed by atoms with Crippen LogP contribution < -0.4 is 0 Å². The van der Waals surface area contributed by atoms with Crippen molar-refractivity contribution in [3.8, 4) is 0 Å². The number of carbonyl (C=O) groups is 1. The van der Waals surface area contributed by atoms with Crippen LogP contribution >= 0.6 is 0 Å². The molecule has 23 heavy (non-hydrogen) atoms. The van der Waals surface area contributed by atoms with E-state index in [2.05, 4.69) is 40.9 Å². The average molecular weight is 310 g/mol. The van der Waals surface area contributed by atoms with Crippen LogP contribution in [-0.4, -0.2) is 59.8 Å². The molecule has 1 aromatic carbocycles. The molecule has 3 aliphatic heterocycles. The minimum atomic E-state index is 0.131. The number of amides is 1. The van der Waals surface area contributed by atoms with Gasteiger partial charge in [0, 0.05) is 31.8 Å². The van der Waals surface area contributed by atoms with Gasteiger partial charge < -0.3 is 9.80 Å². The third-order valence-electron chi connectivity index (χ3n) is 4.99. The first kappa shape index (κ1) is 14.5. The molecule has 0 radical (unpaired) electrons. The van der Waals surface area contributed by atoms with Crippen molar-refractivity contribution >= 4 is 11.9 Å². The zero-order valence-corrected chi connectivity index (χ0v) is 13.7. The molecule has 0 N–H and O–H groups in total. The predicted octanol–water partition coefficient (Wildman–Crippen LogP) is 1.60. The summed E-state index contributed by atoms with van der Waals surface area (Å²) in [5.41, 5.74) is 4.55. The van der Waals surface area contributed by atoms with Gasteiger partial charge in [-0.1, -0.05) is 24.3 Å². The third-order valence-corrected chi connectivity index (χ3v) is 4.99. The number of hydrogen-bond acceptors (Lipinski definition) is 4. The Bertz CT molecular complexity index is 721. The summed E-state index contributed by atoms with van der Waals surface area (Å²) in [4.78, 5) is 24.1. The molecule has 0 saturated heterocycles. The number of nitrogens with zero attached hydrogens (tertiary/aromatic N) is 4. The minimum Gasteiger partial charge on any atom is -0.314 e. The maximum absolute atomic E-state index is 13.1. The molecule has 1 amide bonds. The molecule has 0 unspecified atom stereocenters. The summed E-state index contributed by atoms with van der Waals surface area (Å²) in [6.07, 6.45) is 0.939. The highest BCUT2D eigenvalue weighted by Gasteiger charge is 2.40.